The van der Waals surface area contributed by atoms with Crippen molar-refractivity contribution in [3.63, 3.8) is 0 Å². The van der Waals surface area contributed by atoms with E-state index in [2.05, 4.69) is 5.32 Å². The monoisotopic (exact) mass is 303 g/mol. The fourth-order valence-electron chi connectivity index (χ4n) is 1.72. The van der Waals surface area contributed by atoms with Gasteiger partial charge in [-0.25, -0.2) is 14.0 Å². The van der Waals surface area contributed by atoms with Gasteiger partial charge in [-0.3, -0.25) is 0 Å². The number of halogens is 1. The molecule has 6 heteroatoms. The van der Waals surface area contributed by atoms with Crippen LogP contribution in [0.4, 0.5) is 9.18 Å². The highest BCUT2D eigenvalue weighted by Crippen LogP contribution is 2.06. The Morgan fingerprint density at radius 3 is 2.18 bits per heavy atom. The lowest BCUT2D eigenvalue weighted by atomic mass is 10.1. The Morgan fingerprint density at radius 1 is 1.00 bits per heavy atom. The van der Waals surface area contributed by atoms with Crippen molar-refractivity contribution in [3.8, 4) is 0 Å². The Balaban J connectivity index is 1.77. The molecule has 2 rings (SSSR count). The number of carbonyl (C=O) groups excluding carboxylic acids is 1. The summed E-state index contributed by atoms with van der Waals surface area (Å²) in [5, 5.41) is 11.3. The Morgan fingerprint density at radius 2 is 1.59 bits per heavy atom. The van der Waals surface area contributed by atoms with Crippen molar-refractivity contribution < 1.29 is 23.8 Å². The minimum atomic E-state index is -1.00. The second kappa shape index (κ2) is 7.21. The average Bonchev–Trinajstić information content (AvgIpc) is 2.52. The molecule has 5 nitrogen and oxygen atoms in total. The molecule has 0 radical (unpaired) electrons. The van der Waals surface area contributed by atoms with Gasteiger partial charge in [-0.1, -0.05) is 24.3 Å². The molecular formula is C16H14FNO4. The molecular weight excluding hydrogens is 289 g/mol. The van der Waals surface area contributed by atoms with Crippen molar-refractivity contribution in [1.29, 1.82) is 0 Å². The maximum absolute atomic E-state index is 12.7. The molecule has 0 aliphatic rings. The van der Waals surface area contributed by atoms with Gasteiger partial charge in [0.1, 0.15) is 12.4 Å². The first-order chi connectivity index (χ1) is 10.5. The fraction of sp³-hybridized carbons (Fsp3) is 0.125. The molecule has 1 amide bonds. The highest BCUT2D eigenvalue weighted by Gasteiger charge is 2.05. The Labute approximate surface area is 126 Å². The quantitative estimate of drug-likeness (QED) is 0.890. The lowest BCUT2D eigenvalue weighted by Gasteiger charge is -2.07. The zero-order valence-electron chi connectivity index (χ0n) is 11.6. The lowest BCUT2D eigenvalue weighted by Crippen LogP contribution is -2.23. The molecule has 0 saturated carbocycles. The van der Waals surface area contributed by atoms with E-state index in [4.69, 9.17) is 9.84 Å². The summed E-state index contributed by atoms with van der Waals surface area (Å²) in [6.07, 6.45) is -0.605. The van der Waals surface area contributed by atoms with Crippen LogP contribution in [0.5, 0.6) is 0 Å². The van der Waals surface area contributed by atoms with Crippen molar-refractivity contribution in [2.75, 3.05) is 0 Å². The van der Waals surface area contributed by atoms with E-state index in [1.54, 1.807) is 12.1 Å². The number of benzene rings is 2. The first-order valence-electron chi connectivity index (χ1n) is 6.52. The molecule has 0 atom stereocenters. The molecule has 114 valence electrons. The van der Waals surface area contributed by atoms with Gasteiger partial charge in [0.15, 0.2) is 0 Å². The van der Waals surface area contributed by atoms with Gasteiger partial charge in [-0.05, 0) is 35.4 Å². The van der Waals surface area contributed by atoms with E-state index in [1.165, 1.54) is 36.4 Å². The summed E-state index contributed by atoms with van der Waals surface area (Å²) < 4.78 is 17.7. The third-order valence-electron chi connectivity index (χ3n) is 2.92. The maximum atomic E-state index is 12.7. The standard InChI is InChI=1S/C16H14FNO4/c17-14-7-3-12(4-8-14)10-22-16(21)18-9-11-1-5-13(6-2-11)15(19)20/h1-8H,9-10H2,(H,18,21)(H,19,20). The number of amides is 1. The Kier molecular flexibility index (Phi) is 5.08. The molecule has 0 fully saturated rings. The van der Waals surface area contributed by atoms with Crippen LogP contribution in [-0.4, -0.2) is 17.2 Å². The van der Waals surface area contributed by atoms with Crippen LogP contribution in [0.3, 0.4) is 0 Å². The summed E-state index contributed by atoms with van der Waals surface area (Å²) in [6, 6.07) is 11.8. The summed E-state index contributed by atoms with van der Waals surface area (Å²) in [4.78, 5) is 22.2. The Hall–Kier alpha value is -2.89. The number of rotatable bonds is 5. The number of alkyl carbamates (subject to hydrolysis) is 1. The molecule has 2 aromatic rings. The van der Waals surface area contributed by atoms with Crippen LogP contribution >= 0.6 is 0 Å². The van der Waals surface area contributed by atoms with Crippen LogP contribution in [-0.2, 0) is 17.9 Å². The highest BCUT2D eigenvalue weighted by molar-refractivity contribution is 5.87. The van der Waals surface area contributed by atoms with Gasteiger partial charge in [0.05, 0.1) is 5.56 Å². The molecule has 0 aliphatic heterocycles. The smallest absolute Gasteiger partial charge is 0.407 e. The average molecular weight is 303 g/mol. The van der Waals surface area contributed by atoms with E-state index >= 15 is 0 Å². The number of aromatic carboxylic acids is 1. The van der Waals surface area contributed by atoms with E-state index in [0.717, 1.165) is 5.56 Å². The van der Waals surface area contributed by atoms with Crippen LogP contribution in [0.15, 0.2) is 48.5 Å². The molecule has 0 unspecified atom stereocenters. The first-order valence-corrected chi connectivity index (χ1v) is 6.52. The molecule has 0 aromatic heterocycles. The van der Waals surface area contributed by atoms with Gasteiger partial charge in [-0.2, -0.15) is 0 Å². The molecule has 0 bridgehead atoms. The fourth-order valence-corrected chi connectivity index (χ4v) is 1.72. The summed E-state index contributed by atoms with van der Waals surface area (Å²) >= 11 is 0. The predicted octanol–water partition coefficient (Wildman–Crippen LogP) is 2.95. The molecule has 0 heterocycles. The number of ether oxygens (including phenoxy) is 1. The van der Waals surface area contributed by atoms with Crippen LogP contribution in [0.2, 0.25) is 0 Å². The molecule has 22 heavy (non-hydrogen) atoms. The number of hydrogen-bond acceptors (Lipinski definition) is 3. The number of carboxylic acids is 1. The summed E-state index contributed by atoms with van der Waals surface area (Å²) in [5.41, 5.74) is 1.62. The molecule has 2 N–H and O–H groups in total. The van der Waals surface area contributed by atoms with Crippen molar-refractivity contribution >= 4 is 12.1 Å². The first kappa shape index (κ1) is 15.5. The second-order valence-electron chi connectivity index (χ2n) is 4.56. The Bertz CT molecular complexity index is 653. The molecule has 2 aromatic carbocycles. The largest absolute Gasteiger partial charge is 0.478 e. The zero-order valence-corrected chi connectivity index (χ0v) is 11.6. The predicted molar refractivity (Wildman–Crippen MR) is 76.8 cm³/mol. The van der Waals surface area contributed by atoms with E-state index in [1.807, 2.05) is 0 Å². The number of carbonyl (C=O) groups is 2. The summed E-state index contributed by atoms with van der Waals surface area (Å²) in [7, 11) is 0. The lowest BCUT2D eigenvalue weighted by molar-refractivity contribution is 0.0696. The van der Waals surface area contributed by atoms with E-state index in [9.17, 15) is 14.0 Å². The number of carboxylic acid groups (broad SMARTS) is 1. The summed E-state index contributed by atoms with van der Waals surface area (Å²) in [5.74, 6) is -1.35. The van der Waals surface area contributed by atoms with Crippen molar-refractivity contribution in [2.45, 2.75) is 13.2 Å². The van der Waals surface area contributed by atoms with Gasteiger partial charge in [-0.15, -0.1) is 0 Å². The number of hydrogen-bond donors (Lipinski definition) is 2. The van der Waals surface area contributed by atoms with Gasteiger partial charge < -0.3 is 15.2 Å². The van der Waals surface area contributed by atoms with Crippen molar-refractivity contribution in [1.82, 2.24) is 5.32 Å². The second-order valence-corrected chi connectivity index (χ2v) is 4.56. The van der Waals surface area contributed by atoms with Gasteiger partial charge in [0, 0.05) is 6.54 Å². The van der Waals surface area contributed by atoms with E-state index in [0.29, 0.717) is 5.56 Å². The topological polar surface area (TPSA) is 75.6 Å². The molecule has 0 aliphatic carbocycles. The van der Waals surface area contributed by atoms with Gasteiger partial charge in [0.25, 0.3) is 0 Å². The highest BCUT2D eigenvalue weighted by atomic mass is 19.1. The van der Waals surface area contributed by atoms with E-state index in [-0.39, 0.29) is 24.5 Å². The third kappa shape index (κ3) is 4.59. The van der Waals surface area contributed by atoms with Crippen molar-refractivity contribution in [3.05, 3.63) is 71.0 Å². The van der Waals surface area contributed by atoms with Crippen molar-refractivity contribution in [2.24, 2.45) is 0 Å². The zero-order chi connectivity index (χ0) is 15.9. The van der Waals surface area contributed by atoms with Crippen LogP contribution in [0.25, 0.3) is 0 Å². The van der Waals surface area contributed by atoms with Gasteiger partial charge in [0.2, 0.25) is 0 Å². The molecule has 0 saturated heterocycles. The van der Waals surface area contributed by atoms with Crippen LogP contribution in [0.1, 0.15) is 21.5 Å². The maximum Gasteiger partial charge on any atom is 0.407 e. The minimum Gasteiger partial charge on any atom is -0.478 e. The summed E-state index contributed by atoms with van der Waals surface area (Å²) in [6.45, 7) is 0.270. The van der Waals surface area contributed by atoms with Crippen LogP contribution in [0, 0.1) is 5.82 Å². The molecule has 0 spiro atoms. The normalized spacial score (nSPS) is 10.0. The van der Waals surface area contributed by atoms with Crippen LogP contribution < -0.4 is 5.32 Å². The minimum absolute atomic E-state index is 0.0457. The third-order valence-corrected chi connectivity index (χ3v) is 2.92. The SMILES string of the molecule is O=C(NCc1ccc(C(=O)O)cc1)OCc1ccc(F)cc1. The van der Waals surface area contributed by atoms with Gasteiger partial charge >= 0.3 is 12.1 Å². The number of nitrogens with one attached hydrogen (secondary N) is 1. The van der Waals surface area contributed by atoms with E-state index < -0.39 is 12.1 Å².